The normalized spacial score (nSPS) is 33.9. The van der Waals surface area contributed by atoms with Crippen molar-refractivity contribution in [2.24, 2.45) is 0 Å². The second-order valence-corrected chi connectivity index (χ2v) is 4.50. The van der Waals surface area contributed by atoms with E-state index in [0.29, 0.717) is 0 Å². The lowest BCUT2D eigenvalue weighted by Crippen LogP contribution is -2.60. The number of phenolic OH excluding ortho intramolecular Hbond substituents is 2. The van der Waals surface area contributed by atoms with E-state index in [0.717, 1.165) is 18.2 Å². The van der Waals surface area contributed by atoms with Crippen molar-refractivity contribution < 1.29 is 40.1 Å². The Kier molecular flexibility index (Phi) is 4.31. The maximum atomic E-state index is 9.86. The smallest absolute Gasteiger partial charge is 0.195 e. The number of hydrogen-bond acceptors (Lipinski definition) is 8. The van der Waals surface area contributed by atoms with E-state index >= 15 is 0 Å². The molecule has 0 amide bonds. The first-order chi connectivity index (χ1) is 9.42. The van der Waals surface area contributed by atoms with Gasteiger partial charge in [-0.05, 0) is 0 Å². The number of rotatable bonds is 3. The molecular weight excluding hydrogens is 272 g/mol. The molecule has 6 N–H and O–H groups in total. The van der Waals surface area contributed by atoms with Crippen LogP contribution in [-0.4, -0.2) is 68.0 Å². The molecule has 1 aliphatic rings. The molecule has 0 aromatic heterocycles. The van der Waals surface area contributed by atoms with Gasteiger partial charge in [0.2, 0.25) is 0 Å². The van der Waals surface area contributed by atoms with Crippen molar-refractivity contribution in [2.45, 2.75) is 30.7 Å². The van der Waals surface area contributed by atoms with E-state index in [1.165, 1.54) is 0 Å². The molecule has 0 unspecified atom stereocenters. The second-order valence-electron chi connectivity index (χ2n) is 4.50. The average molecular weight is 288 g/mol. The van der Waals surface area contributed by atoms with E-state index in [4.69, 9.17) is 14.6 Å². The third kappa shape index (κ3) is 2.94. The van der Waals surface area contributed by atoms with E-state index < -0.39 is 37.3 Å². The average Bonchev–Trinajstić information content (AvgIpc) is 2.38. The molecule has 1 heterocycles. The molecule has 20 heavy (non-hydrogen) atoms. The highest BCUT2D eigenvalue weighted by atomic mass is 16.7. The number of hydrogen-bond donors (Lipinski definition) is 6. The molecule has 0 radical (unpaired) electrons. The molecule has 112 valence electrons. The van der Waals surface area contributed by atoms with Crippen LogP contribution < -0.4 is 4.74 Å². The van der Waals surface area contributed by atoms with Crippen molar-refractivity contribution in [1.82, 2.24) is 0 Å². The summed E-state index contributed by atoms with van der Waals surface area (Å²) >= 11 is 0. The van der Waals surface area contributed by atoms with Crippen LogP contribution in [-0.2, 0) is 4.74 Å². The summed E-state index contributed by atoms with van der Waals surface area (Å²) in [6.07, 6.45) is -7.01. The summed E-state index contributed by atoms with van der Waals surface area (Å²) in [6, 6.07) is 3.39. The molecule has 1 aromatic carbocycles. The minimum atomic E-state index is -1.59. The van der Waals surface area contributed by atoms with Crippen LogP contribution in [0.5, 0.6) is 17.2 Å². The van der Waals surface area contributed by atoms with Crippen molar-refractivity contribution in [3.8, 4) is 17.2 Å². The first-order valence-electron chi connectivity index (χ1n) is 5.92. The molecule has 1 aliphatic heterocycles. The molecule has 1 fully saturated rings. The van der Waals surface area contributed by atoms with Gasteiger partial charge in [0.05, 0.1) is 6.61 Å². The lowest BCUT2D eigenvalue weighted by atomic mass is 9.99. The fourth-order valence-electron chi connectivity index (χ4n) is 1.99. The van der Waals surface area contributed by atoms with Crippen molar-refractivity contribution in [3.05, 3.63) is 18.2 Å². The maximum absolute atomic E-state index is 9.86. The highest BCUT2D eigenvalue weighted by Gasteiger charge is 2.45. The minimum Gasteiger partial charge on any atom is -0.508 e. The molecule has 0 bridgehead atoms. The Balaban J connectivity index is 2.15. The van der Waals surface area contributed by atoms with E-state index in [9.17, 15) is 25.5 Å². The van der Waals surface area contributed by atoms with Crippen molar-refractivity contribution in [2.75, 3.05) is 6.61 Å². The summed E-state index contributed by atoms with van der Waals surface area (Å²) < 4.78 is 10.1. The van der Waals surface area contributed by atoms with Gasteiger partial charge in [0.1, 0.15) is 35.6 Å². The lowest BCUT2D eigenvalue weighted by molar-refractivity contribution is -0.280. The van der Waals surface area contributed by atoms with Crippen LogP contribution in [0, 0.1) is 0 Å². The largest absolute Gasteiger partial charge is 0.508 e. The van der Waals surface area contributed by atoms with Gasteiger partial charge in [-0.3, -0.25) is 0 Å². The molecule has 0 spiro atoms. The first kappa shape index (κ1) is 14.8. The monoisotopic (exact) mass is 288 g/mol. The van der Waals surface area contributed by atoms with E-state index in [2.05, 4.69) is 0 Å². The Hall–Kier alpha value is -1.58. The Bertz CT molecular complexity index is 445. The highest BCUT2D eigenvalue weighted by Crippen LogP contribution is 2.29. The van der Waals surface area contributed by atoms with Crippen LogP contribution in [0.1, 0.15) is 0 Å². The van der Waals surface area contributed by atoms with Crippen LogP contribution >= 0.6 is 0 Å². The molecule has 1 saturated heterocycles. The molecule has 0 saturated carbocycles. The van der Waals surface area contributed by atoms with Crippen LogP contribution in [0.4, 0.5) is 0 Å². The standard InChI is InChI=1S/C12H16O8/c13-4-8-9(16)10(17)11(12(18)20-8)19-7-2-5(14)1-6(15)3-7/h1-3,8-18H,4H2/t8-,9-,10+,11-,12-/m1/s1. The Morgan fingerprint density at radius 1 is 1.00 bits per heavy atom. The number of aliphatic hydroxyl groups is 4. The van der Waals surface area contributed by atoms with Crippen molar-refractivity contribution in [3.63, 3.8) is 0 Å². The van der Waals surface area contributed by atoms with E-state index in [1.807, 2.05) is 0 Å². The van der Waals surface area contributed by atoms with Gasteiger partial charge in [0.15, 0.2) is 12.4 Å². The van der Waals surface area contributed by atoms with Gasteiger partial charge in [-0.25, -0.2) is 0 Å². The predicted octanol–water partition coefficient (Wildman–Crippen LogP) is -1.72. The zero-order valence-electron chi connectivity index (χ0n) is 10.3. The highest BCUT2D eigenvalue weighted by molar-refractivity contribution is 5.40. The molecule has 0 aliphatic carbocycles. The van der Waals surface area contributed by atoms with Crippen LogP contribution in [0.25, 0.3) is 0 Å². The number of benzene rings is 1. The summed E-state index contributed by atoms with van der Waals surface area (Å²) in [5, 5.41) is 56.8. The minimum absolute atomic E-state index is 0.0242. The van der Waals surface area contributed by atoms with E-state index in [1.54, 1.807) is 0 Å². The molecule has 1 aromatic rings. The number of aliphatic hydroxyl groups excluding tert-OH is 4. The number of phenols is 2. The Morgan fingerprint density at radius 2 is 1.60 bits per heavy atom. The summed E-state index contributed by atoms with van der Waals surface area (Å²) in [7, 11) is 0. The lowest BCUT2D eigenvalue weighted by Gasteiger charge is -2.39. The van der Waals surface area contributed by atoms with Gasteiger partial charge in [0.25, 0.3) is 0 Å². The maximum Gasteiger partial charge on any atom is 0.195 e. The van der Waals surface area contributed by atoms with Gasteiger partial charge in [-0.1, -0.05) is 0 Å². The van der Waals surface area contributed by atoms with Gasteiger partial charge in [-0.15, -0.1) is 0 Å². The topological polar surface area (TPSA) is 140 Å². The summed E-state index contributed by atoms with van der Waals surface area (Å²) in [5.74, 6) is -0.562. The fraction of sp³-hybridized carbons (Fsp3) is 0.500. The first-order valence-corrected chi connectivity index (χ1v) is 5.92. The molecule has 5 atom stereocenters. The van der Waals surface area contributed by atoms with E-state index in [-0.39, 0.29) is 17.2 Å². The van der Waals surface area contributed by atoms with Gasteiger partial charge in [0, 0.05) is 18.2 Å². The third-order valence-corrected chi connectivity index (χ3v) is 2.99. The summed E-state index contributed by atoms with van der Waals surface area (Å²) in [6.45, 7) is -0.574. The second kappa shape index (κ2) is 5.81. The zero-order chi connectivity index (χ0) is 14.9. The zero-order valence-corrected chi connectivity index (χ0v) is 10.3. The molecular formula is C12H16O8. The SMILES string of the molecule is OC[C@H]1O[C@@H](O)[C@H](Oc2cc(O)cc(O)c2)[C@@H](O)[C@@H]1O. The molecule has 2 rings (SSSR count). The molecule has 8 heteroatoms. The Labute approximate surface area is 114 Å². The van der Waals surface area contributed by atoms with Crippen molar-refractivity contribution >= 4 is 0 Å². The Morgan fingerprint density at radius 3 is 2.15 bits per heavy atom. The number of ether oxygens (including phenoxy) is 2. The summed E-state index contributed by atoms with van der Waals surface area (Å²) in [5.41, 5.74) is 0. The van der Waals surface area contributed by atoms with Crippen LogP contribution in [0.3, 0.4) is 0 Å². The van der Waals surface area contributed by atoms with Gasteiger partial charge >= 0.3 is 0 Å². The summed E-state index contributed by atoms with van der Waals surface area (Å²) in [4.78, 5) is 0. The van der Waals surface area contributed by atoms with Gasteiger partial charge < -0.3 is 40.1 Å². The van der Waals surface area contributed by atoms with Crippen LogP contribution in [0.2, 0.25) is 0 Å². The third-order valence-electron chi connectivity index (χ3n) is 2.99. The van der Waals surface area contributed by atoms with Crippen molar-refractivity contribution in [1.29, 1.82) is 0 Å². The molecule has 8 nitrogen and oxygen atoms in total. The van der Waals surface area contributed by atoms with Gasteiger partial charge in [-0.2, -0.15) is 0 Å². The number of aromatic hydroxyl groups is 2. The quantitative estimate of drug-likeness (QED) is 0.386. The fourth-order valence-corrected chi connectivity index (χ4v) is 1.99. The van der Waals surface area contributed by atoms with Crippen LogP contribution in [0.15, 0.2) is 18.2 Å². The predicted molar refractivity (Wildman–Crippen MR) is 64.2 cm³/mol.